The van der Waals surface area contributed by atoms with Gasteiger partial charge in [-0.2, -0.15) is 0 Å². The van der Waals surface area contributed by atoms with Crippen LogP contribution < -0.4 is 5.32 Å². The van der Waals surface area contributed by atoms with Gasteiger partial charge in [0.15, 0.2) is 0 Å². The van der Waals surface area contributed by atoms with Crippen LogP contribution in [0.4, 0.5) is 0 Å². The van der Waals surface area contributed by atoms with E-state index in [9.17, 15) is 4.79 Å². The number of unbranched alkanes of at least 4 members (excludes halogenated alkanes) is 3. The van der Waals surface area contributed by atoms with E-state index in [1.807, 2.05) is 0 Å². The fraction of sp³-hybridized carbons (Fsp3) is 0.909. The van der Waals surface area contributed by atoms with Gasteiger partial charge in [-0.05, 0) is 12.8 Å². The highest BCUT2D eigenvalue weighted by atomic mass is 16.5. The van der Waals surface area contributed by atoms with Crippen molar-refractivity contribution < 1.29 is 14.3 Å². The van der Waals surface area contributed by atoms with Gasteiger partial charge < -0.3 is 14.8 Å². The molecule has 15 heavy (non-hydrogen) atoms. The monoisotopic (exact) mass is 217 g/mol. The molecule has 4 heteroatoms. The molecule has 90 valence electrons. The molecule has 0 aliphatic carbocycles. The second kappa shape index (κ2) is 11.5. The second-order valence-electron chi connectivity index (χ2n) is 3.44. The van der Waals surface area contributed by atoms with Gasteiger partial charge in [-0.3, -0.25) is 4.79 Å². The number of ether oxygens (including phenoxy) is 2. The third-order valence-corrected chi connectivity index (χ3v) is 2.15. The van der Waals surface area contributed by atoms with Crippen molar-refractivity contribution in [1.82, 2.24) is 5.32 Å². The molecule has 0 heterocycles. The fourth-order valence-corrected chi connectivity index (χ4v) is 1.21. The van der Waals surface area contributed by atoms with Gasteiger partial charge in [-0.25, -0.2) is 0 Å². The van der Waals surface area contributed by atoms with E-state index < -0.39 is 0 Å². The predicted molar refractivity (Wildman–Crippen MR) is 59.8 cm³/mol. The van der Waals surface area contributed by atoms with Gasteiger partial charge in [0.1, 0.15) is 0 Å². The summed E-state index contributed by atoms with van der Waals surface area (Å²) in [4.78, 5) is 10.9. The summed E-state index contributed by atoms with van der Waals surface area (Å²) >= 11 is 0. The normalized spacial score (nSPS) is 10.3. The summed E-state index contributed by atoms with van der Waals surface area (Å²) in [6, 6.07) is 0. The number of hydrogen-bond donors (Lipinski definition) is 1. The van der Waals surface area contributed by atoms with Gasteiger partial charge >= 0.3 is 0 Å². The zero-order chi connectivity index (χ0) is 11.4. The standard InChI is InChI=1S/C11H23NO3/c1-12-11(13)7-5-3-4-6-8-15-10-9-14-2/h3-10H2,1-2H3,(H,12,13). The van der Waals surface area contributed by atoms with Crippen LogP contribution in [0, 0.1) is 0 Å². The molecule has 0 spiro atoms. The Kier molecular flexibility index (Phi) is 11.0. The van der Waals surface area contributed by atoms with Crippen LogP contribution in [-0.4, -0.2) is 39.9 Å². The smallest absolute Gasteiger partial charge is 0.219 e. The van der Waals surface area contributed by atoms with Crippen LogP contribution in [0.2, 0.25) is 0 Å². The fourth-order valence-electron chi connectivity index (χ4n) is 1.21. The number of carbonyl (C=O) groups excluding carboxylic acids is 1. The Morgan fingerprint density at radius 3 is 2.47 bits per heavy atom. The molecule has 0 fully saturated rings. The molecule has 0 saturated carbocycles. The molecule has 0 rings (SSSR count). The summed E-state index contributed by atoms with van der Waals surface area (Å²) in [6.45, 7) is 2.13. The van der Waals surface area contributed by atoms with Crippen molar-refractivity contribution in [3.8, 4) is 0 Å². The van der Waals surface area contributed by atoms with Crippen molar-refractivity contribution in [3.63, 3.8) is 0 Å². The molecule has 0 aromatic rings. The van der Waals surface area contributed by atoms with E-state index in [2.05, 4.69) is 5.32 Å². The van der Waals surface area contributed by atoms with Crippen molar-refractivity contribution in [1.29, 1.82) is 0 Å². The summed E-state index contributed by atoms with van der Waals surface area (Å²) in [7, 11) is 3.34. The number of nitrogens with one attached hydrogen (secondary N) is 1. The van der Waals surface area contributed by atoms with E-state index in [1.165, 1.54) is 0 Å². The van der Waals surface area contributed by atoms with Crippen LogP contribution in [0.5, 0.6) is 0 Å². The van der Waals surface area contributed by atoms with Crippen LogP contribution in [0.15, 0.2) is 0 Å². The highest BCUT2D eigenvalue weighted by molar-refractivity contribution is 5.75. The predicted octanol–water partition coefficient (Wildman–Crippen LogP) is 1.35. The van der Waals surface area contributed by atoms with Gasteiger partial charge in [0.2, 0.25) is 5.91 Å². The van der Waals surface area contributed by atoms with E-state index in [0.717, 1.165) is 32.3 Å². The van der Waals surface area contributed by atoms with Gasteiger partial charge in [0.25, 0.3) is 0 Å². The quantitative estimate of drug-likeness (QED) is 0.562. The molecular weight excluding hydrogens is 194 g/mol. The highest BCUT2D eigenvalue weighted by Gasteiger charge is 1.97. The van der Waals surface area contributed by atoms with Crippen molar-refractivity contribution in [2.24, 2.45) is 0 Å². The van der Waals surface area contributed by atoms with E-state index in [-0.39, 0.29) is 5.91 Å². The summed E-state index contributed by atoms with van der Waals surface area (Å²) in [5, 5.41) is 2.61. The maximum Gasteiger partial charge on any atom is 0.219 e. The molecule has 1 N–H and O–H groups in total. The van der Waals surface area contributed by atoms with E-state index in [4.69, 9.17) is 9.47 Å². The summed E-state index contributed by atoms with van der Waals surface area (Å²) in [6.07, 6.45) is 4.90. The zero-order valence-corrected chi connectivity index (χ0v) is 9.88. The number of amides is 1. The Hall–Kier alpha value is -0.610. The lowest BCUT2D eigenvalue weighted by Crippen LogP contribution is -2.16. The minimum absolute atomic E-state index is 0.131. The van der Waals surface area contributed by atoms with Gasteiger partial charge in [0, 0.05) is 27.2 Å². The SMILES string of the molecule is CNC(=O)CCCCCCOCCOC. The maximum absolute atomic E-state index is 10.9. The maximum atomic E-state index is 10.9. The van der Waals surface area contributed by atoms with Gasteiger partial charge in [-0.1, -0.05) is 12.8 Å². The lowest BCUT2D eigenvalue weighted by Gasteiger charge is -2.03. The number of carbonyl (C=O) groups is 1. The molecule has 1 amide bonds. The zero-order valence-electron chi connectivity index (χ0n) is 9.88. The van der Waals surface area contributed by atoms with Gasteiger partial charge in [0.05, 0.1) is 13.2 Å². The first kappa shape index (κ1) is 14.4. The van der Waals surface area contributed by atoms with Crippen LogP contribution in [0.25, 0.3) is 0 Å². The molecule has 0 saturated heterocycles. The van der Waals surface area contributed by atoms with E-state index >= 15 is 0 Å². The summed E-state index contributed by atoms with van der Waals surface area (Å²) in [5.74, 6) is 0.131. The van der Waals surface area contributed by atoms with E-state index in [0.29, 0.717) is 19.6 Å². The molecule has 0 radical (unpaired) electrons. The Bertz CT molecular complexity index is 151. The molecule has 0 bridgehead atoms. The van der Waals surface area contributed by atoms with Crippen molar-refractivity contribution in [2.45, 2.75) is 32.1 Å². The van der Waals surface area contributed by atoms with Gasteiger partial charge in [-0.15, -0.1) is 0 Å². The first-order chi connectivity index (χ1) is 7.31. The molecule has 0 aromatic heterocycles. The average Bonchev–Trinajstić information content (AvgIpc) is 2.26. The molecule has 4 nitrogen and oxygen atoms in total. The topological polar surface area (TPSA) is 47.6 Å². The molecular formula is C11H23NO3. The van der Waals surface area contributed by atoms with Crippen LogP contribution in [-0.2, 0) is 14.3 Å². The number of hydrogen-bond acceptors (Lipinski definition) is 3. The van der Waals surface area contributed by atoms with E-state index in [1.54, 1.807) is 14.2 Å². The van der Waals surface area contributed by atoms with Crippen LogP contribution >= 0.6 is 0 Å². The third-order valence-electron chi connectivity index (χ3n) is 2.15. The third kappa shape index (κ3) is 11.3. The number of rotatable bonds is 10. The minimum Gasteiger partial charge on any atom is -0.382 e. The Labute approximate surface area is 92.3 Å². The second-order valence-corrected chi connectivity index (χ2v) is 3.44. The van der Waals surface area contributed by atoms with Crippen LogP contribution in [0.3, 0.4) is 0 Å². The molecule has 0 aliphatic rings. The lowest BCUT2D eigenvalue weighted by molar-refractivity contribution is -0.120. The van der Waals surface area contributed by atoms with Crippen molar-refractivity contribution in [2.75, 3.05) is 34.0 Å². The molecule has 0 aromatic carbocycles. The molecule has 0 atom stereocenters. The van der Waals surface area contributed by atoms with Crippen LogP contribution in [0.1, 0.15) is 32.1 Å². The Balaban J connectivity index is 2.95. The highest BCUT2D eigenvalue weighted by Crippen LogP contribution is 2.02. The Morgan fingerprint density at radius 2 is 1.80 bits per heavy atom. The summed E-state index contributed by atoms with van der Waals surface area (Å²) in [5.41, 5.74) is 0. The first-order valence-electron chi connectivity index (χ1n) is 5.58. The lowest BCUT2D eigenvalue weighted by atomic mass is 10.1. The largest absolute Gasteiger partial charge is 0.382 e. The summed E-state index contributed by atoms with van der Waals surface area (Å²) < 4.78 is 10.2. The number of methoxy groups -OCH3 is 1. The minimum atomic E-state index is 0.131. The average molecular weight is 217 g/mol. The molecule has 0 unspecified atom stereocenters. The molecule has 0 aliphatic heterocycles. The van der Waals surface area contributed by atoms with Crippen molar-refractivity contribution in [3.05, 3.63) is 0 Å². The first-order valence-corrected chi connectivity index (χ1v) is 5.58. The Morgan fingerprint density at radius 1 is 1.07 bits per heavy atom. The van der Waals surface area contributed by atoms with Crippen molar-refractivity contribution >= 4 is 5.91 Å².